The van der Waals surface area contributed by atoms with Crippen molar-refractivity contribution in [1.82, 2.24) is 14.9 Å². The van der Waals surface area contributed by atoms with E-state index in [0.717, 1.165) is 6.07 Å². The molecule has 0 atom stereocenters. The van der Waals surface area contributed by atoms with E-state index in [-0.39, 0.29) is 74.2 Å². The standard InChI is InChI=1S/C29H22Cl3F6N5O3/c1-43-20-10-21(46-12-22(34)35)15(25(44)40-14-3-5-18(33)17(31)8-14)9-19(20)41-27(43)42-24-16(30)4-2-13(23(24)32)11-39-26(45)28(6-7-28)29(36,37)38/h2-5,8-10,22H,6-7,11-12H2,1H3,(H,39,45)(H,40,44)(H,41,42). The number of hydrogen-bond acceptors (Lipinski definition) is 5. The van der Waals surface area contributed by atoms with Gasteiger partial charge in [-0.2, -0.15) is 13.2 Å². The molecule has 1 saturated carbocycles. The van der Waals surface area contributed by atoms with E-state index in [9.17, 15) is 35.9 Å². The Morgan fingerprint density at radius 1 is 1.07 bits per heavy atom. The van der Waals surface area contributed by atoms with E-state index in [1.165, 1.54) is 41.0 Å². The Balaban J connectivity index is 1.43. The molecule has 0 aliphatic heterocycles. The number of nitrogens with one attached hydrogen (secondary N) is 3. The summed E-state index contributed by atoms with van der Waals surface area (Å²) < 4.78 is 86.4. The maximum absolute atomic E-state index is 13.6. The van der Waals surface area contributed by atoms with E-state index in [0.29, 0.717) is 5.52 Å². The molecule has 17 heteroatoms. The number of benzene rings is 3. The Bertz CT molecular complexity index is 1850. The average Bonchev–Trinajstić information content (AvgIpc) is 3.76. The van der Waals surface area contributed by atoms with Crippen molar-refractivity contribution in [3.63, 3.8) is 0 Å². The molecule has 0 radical (unpaired) electrons. The van der Waals surface area contributed by atoms with Gasteiger partial charge in [0.05, 0.1) is 37.4 Å². The van der Waals surface area contributed by atoms with Crippen LogP contribution in [-0.4, -0.2) is 40.6 Å². The molecule has 244 valence electrons. The molecule has 1 aliphatic carbocycles. The number of imidazole rings is 1. The van der Waals surface area contributed by atoms with Crippen molar-refractivity contribution in [3.8, 4) is 5.75 Å². The van der Waals surface area contributed by atoms with Gasteiger partial charge in [0.25, 0.3) is 12.3 Å². The minimum atomic E-state index is -4.67. The lowest BCUT2D eigenvalue weighted by atomic mass is 10.1. The van der Waals surface area contributed by atoms with E-state index in [2.05, 4.69) is 20.9 Å². The van der Waals surface area contributed by atoms with Crippen molar-refractivity contribution in [1.29, 1.82) is 0 Å². The van der Waals surface area contributed by atoms with E-state index in [1.807, 2.05) is 0 Å². The molecule has 4 aromatic rings. The Kier molecular flexibility index (Phi) is 9.26. The van der Waals surface area contributed by atoms with Crippen LogP contribution in [0, 0.1) is 11.2 Å². The number of nitrogens with zero attached hydrogens (tertiary/aromatic N) is 2. The number of aromatic nitrogens is 2. The summed E-state index contributed by atoms with van der Waals surface area (Å²) in [6.07, 6.45) is -8.12. The second-order valence-corrected chi connectivity index (χ2v) is 11.6. The van der Waals surface area contributed by atoms with Gasteiger partial charge in [0.1, 0.15) is 23.6 Å². The highest BCUT2D eigenvalue weighted by Crippen LogP contribution is 2.57. The normalized spacial score (nSPS) is 14.0. The summed E-state index contributed by atoms with van der Waals surface area (Å²) in [6.45, 7) is -1.33. The quantitative estimate of drug-likeness (QED) is 0.144. The van der Waals surface area contributed by atoms with Gasteiger partial charge >= 0.3 is 6.18 Å². The highest BCUT2D eigenvalue weighted by atomic mass is 35.5. The van der Waals surface area contributed by atoms with Gasteiger partial charge in [-0.25, -0.2) is 18.2 Å². The Labute approximate surface area is 271 Å². The molecule has 0 bridgehead atoms. The number of carbonyl (C=O) groups excluding carboxylic acids is 2. The SMILES string of the molecule is Cn1c(Nc2c(Cl)ccc(CNC(=O)C3(C(F)(F)F)CC3)c2Cl)nc2cc(C(=O)Nc3ccc(F)c(Cl)c3)c(OCC(F)F)cc21. The van der Waals surface area contributed by atoms with Gasteiger partial charge in [-0.05, 0) is 48.7 Å². The lowest BCUT2D eigenvalue weighted by molar-refractivity contribution is -0.192. The fourth-order valence-corrected chi connectivity index (χ4v) is 5.33. The third-order valence-electron chi connectivity index (χ3n) is 7.34. The summed E-state index contributed by atoms with van der Waals surface area (Å²) in [5.41, 5.74) is -1.50. The van der Waals surface area contributed by atoms with Crippen LogP contribution >= 0.6 is 34.8 Å². The second-order valence-electron chi connectivity index (χ2n) is 10.4. The van der Waals surface area contributed by atoms with Crippen LogP contribution < -0.4 is 20.7 Å². The second kappa shape index (κ2) is 12.7. The Morgan fingerprint density at radius 3 is 2.41 bits per heavy atom. The summed E-state index contributed by atoms with van der Waals surface area (Å²) in [5, 5.41) is 7.60. The number of carbonyl (C=O) groups is 2. The van der Waals surface area contributed by atoms with Gasteiger partial charge in [-0.1, -0.05) is 40.9 Å². The smallest absolute Gasteiger partial charge is 0.403 e. The number of alkyl halides is 5. The first-order chi connectivity index (χ1) is 21.6. The fraction of sp³-hybridized carbons (Fsp3) is 0.276. The first kappa shape index (κ1) is 33.5. The molecule has 2 amide bonds. The minimum absolute atomic E-state index is 0.00399. The Hall–Kier alpha value is -3.88. The van der Waals surface area contributed by atoms with E-state index >= 15 is 0 Å². The van der Waals surface area contributed by atoms with Gasteiger partial charge in [0.2, 0.25) is 11.9 Å². The predicted molar refractivity (Wildman–Crippen MR) is 161 cm³/mol. The lowest BCUT2D eigenvalue weighted by Crippen LogP contribution is -2.40. The van der Waals surface area contributed by atoms with Gasteiger partial charge < -0.3 is 25.3 Å². The van der Waals surface area contributed by atoms with Crippen LogP contribution in [0.4, 0.5) is 43.7 Å². The first-order valence-electron chi connectivity index (χ1n) is 13.4. The number of anilines is 3. The van der Waals surface area contributed by atoms with Gasteiger partial charge in [0, 0.05) is 25.3 Å². The molecular weight excluding hydrogens is 687 g/mol. The number of hydrogen-bond donors (Lipinski definition) is 3. The van der Waals surface area contributed by atoms with Crippen LogP contribution in [-0.2, 0) is 18.4 Å². The lowest BCUT2D eigenvalue weighted by Gasteiger charge is -2.19. The molecule has 8 nitrogen and oxygen atoms in total. The number of halogens is 9. The van der Waals surface area contributed by atoms with Gasteiger partial charge in [0.15, 0.2) is 0 Å². The third kappa shape index (κ3) is 6.65. The zero-order valence-electron chi connectivity index (χ0n) is 23.5. The predicted octanol–water partition coefficient (Wildman–Crippen LogP) is 8.27. The Morgan fingerprint density at radius 2 is 1.78 bits per heavy atom. The molecule has 1 heterocycles. The van der Waals surface area contributed by atoms with E-state index < -0.39 is 42.3 Å². The van der Waals surface area contributed by atoms with Gasteiger partial charge in [-0.3, -0.25) is 9.59 Å². The minimum Gasteiger partial charge on any atom is -0.487 e. The maximum atomic E-state index is 13.6. The summed E-state index contributed by atoms with van der Waals surface area (Å²) in [5.74, 6) is -2.72. The largest absolute Gasteiger partial charge is 0.487 e. The van der Waals surface area contributed by atoms with Crippen LogP contribution in [0.3, 0.4) is 0 Å². The molecule has 46 heavy (non-hydrogen) atoms. The topological polar surface area (TPSA) is 97.3 Å². The van der Waals surface area contributed by atoms with Crippen LogP contribution in [0.2, 0.25) is 15.1 Å². The molecular formula is C29H22Cl3F6N5O3. The molecule has 3 N–H and O–H groups in total. The maximum Gasteiger partial charge on any atom is 0.403 e. The van der Waals surface area contributed by atoms with Crippen molar-refractivity contribution >= 4 is 75.0 Å². The van der Waals surface area contributed by atoms with Crippen molar-refractivity contribution < 1.29 is 40.7 Å². The molecule has 0 unspecified atom stereocenters. The number of aryl methyl sites for hydroxylation is 1. The molecule has 1 aliphatic rings. The zero-order valence-corrected chi connectivity index (χ0v) is 25.7. The average molecular weight is 709 g/mol. The molecule has 5 rings (SSSR count). The molecule has 3 aromatic carbocycles. The van der Waals surface area contributed by atoms with Gasteiger partial charge in [-0.15, -0.1) is 0 Å². The van der Waals surface area contributed by atoms with Crippen molar-refractivity contribution in [2.75, 3.05) is 17.2 Å². The summed E-state index contributed by atoms with van der Waals surface area (Å²) in [7, 11) is 1.56. The summed E-state index contributed by atoms with van der Waals surface area (Å²) >= 11 is 18.7. The number of rotatable bonds is 10. The fourth-order valence-electron chi connectivity index (χ4n) is 4.62. The van der Waals surface area contributed by atoms with Crippen LogP contribution in [0.25, 0.3) is 11.0 Å². The monoisotopic (exact) mass is 707 g/mol. The third-order valence-corrected chi connectivity index (χ3v) is 8.38. The first-order valence-corrected chi connectivity index (χ1v) is 14.5. The van der Waals surface area contributed by atoms with Crippen molar-refractivity contribution in [2.24, 2.45) is 12.5 Å². The van der Waals surface area contributed by atoms with Crippen LogP contribution in [0.1, 0.15) is 28.8 Å². The molecule has 1 aromatic heterocycles. The molecule has 0 saturated heterocycles. The zero-order chi connectivity index (χ0) is 33.6. The number of ether oxygens (including phenoxy) is 1. The van der Waals surface area contributed by atoms with Crippen molar-refractivity contribution in [2.45, 2.75) is 32.0 Å². The van der Waals surface area contributed by atoms with Crippen LogP contribution in [0.15, 0.2) is 42.5 Å². The molecule has 1 fully saturated rings. The molecule has 0 spiro atoms. The highest BCUT2D eigenvalue weighted by Gasteiger charge is 2.68. The van der Waals surface area contributed by atoms with E-state index in [4.69, 9.17) is 39.5 Å². The highest BCUT2D eigenvalue weighted by molar-refractivity contribution is 6.39. The van der Waals surface area contributed by atoms with Crippen LogP contribution in [0.5, 0.6) is 5.75 Å². The summed E-state index contributed by atoms with van der Waals surface area (Å²) in [4.78, 5) is 30.0. The van der Waals surface area contributed by atoms with Crippen molar-refractivity contribution in [3.05, 3.63) is 74.5 Å². The number of fused-ring (bicyclic) bond motifs is 1. The summed E-state index contributed by atoms with van der Waals surface area (Å²) in [6, 6.07) is 8.96. The van der Waals surface area contributed by atoms with E-state index in [1.54, 1.807) is 7.05 Å². The number of amides is 2.